The summed E-state index contributed by atoms with van der Waals surface area (Å²) < 4.78 is 5.26. The van der Waals surface area contributed by atoms with Crippen LogP contribution in [0.15, 0.2) is 34.9 Å². The molecule has 1 aromatic carbocycles. The molecule has 0 saturated heterocycles. The maximum Gasteiger partial charge on any atom is 0.335 e. The first-order valence-electron chi connectivity index (χ1n) is 6.20. The standard InChI is InChI=1S/C15H16ClNO3/c1-10-12(5-6-20-10)8-17(2)9-13-4-3-11(15(18)19)7-14(13)16/h3-7H,8-9H2,1-2H3,(H,18,19). The van der Waals surface area contributed by atoms with Gasteiger partial charge in [0.15, 0.2) is 0 Å². The van der Waals surface area contributed by atoms with E-state index in [1.807, 2.05) is 20.0 Å². The van der Waals surface area contributed by atoms with E-state index in [4.69, 9.17) is 21.1 Å². The van der Waals surface area contributed by atoms with E-state index in [9.17, 15) is 4.79 Å². The number of benzene rings is 1. The number of aryl methyl sites for hydroxylation is 1. The molecule has 0 spiro atoms. The van der Waals surface area contributed by atoms with Crippen molar-refractivity contribution in [1.82, 2.24) is 4.90 Å². The fourth-order valence-corrected chi connectivity index (χ4v) is 2.26. The monoisotopic (exact) mass is 293 g/mol. The first-order chi connectivity index (χ1) is 9.47. The molecule has 2 aromatic rings. The minimum Gasteiger partial charge on any atom is -0.478 e. The lowest BCUT2D eigenvalue weighted by Crippen LogP contribution is -2.17. The molecule has 0 bridgehead atoms. The molecular weight excluding hydrogens is 278 g/mol. The van der Waals surface area contributed by atoms with Gasteiger partial charge in [0.05, 0.1) is 11.8 Å². The van der Waals surface area contributed by atoms with Crippen LogP contribution in [0, 0.1) is 6.92 Å². The van der Waals surface area contributed by atoms with Crippen LogP contribution in [0.25, 0.3) is 0 Å². The van der Waals surface area contributed by atoms with E-state index in [2.05, 4.69) is 4.90 Å². The Morgan fingerprint density at radius 2 is 2.00 bits per heavy atom. The van der Waals surface area contributed by atoms with Gasteiger partial charge in [0.2, 0.25) is 0 Å². The molecule has 2 rings (SSSR count). The molecule has 0 radical (unpaired) electrons. The van der Waals surface area contributed by atoms with E-state index < -0.39 is 5.97 Å². The average molecular weight is 294 g/mol. The molecule has 0 amide bonds. The number of hydrogen-bond donors (Lipinski definition) is 1. The number of rotatable bonds is 5. The predicted octanol–water partition coefficient (Wildman–Crippen LogP) is 3.57. The van der Waals surface area contributed by atoms with E-state index in [0.717, 1.165) is 23.4 Å². The fourth-order valence-electron chi connectivity index (χ4n) is 2.02. The highest BCUT2D eigenvalue weighted by Gasteiger charge is 2.10. The number of aromatic carboxylic acids is 1. The molecule has 0 aliphatic carbocycles. The van der Waals surface area contributed by atoms with Gasteiger partial charge in [-0.3, -0.25) is 4.90 Å². The van der Waals surface area contributed by atoms with E-state index in [0.29, 0.717) is 11.6 Å². The molecule has 4 nitrogen and oxygen atoms in total. The van der Waals surface area contributed by atoms with Crippen LogP contribution in [-0.2, 0) is 13.1 Å². The highest BCUT2D eigenvalue weighted by molar-refractivity contribution is 6.31. The van der Waals surface area contributed by atoms with Gasteiger partial charge in [-0.25, -0.2) is 4.79 Å². The molecule has 20 heavy (non-hydrogen) atoms. The number of carbonyl (C=O) groups is 1. The first kappa shape index (κ1) is 14.6. The smallest absolute Gasteiger partial charge is 0.335 e. The van der Waals surface area contributed by atoms with Gasteiger partial charge in [-0.05, 0) is 37.7 Å². The Bertz CT molecular complexity index is 621. The molecular formula is C15H16ClNO3. The Labute approximate surface area is 122 Å². The van der Waals surface area contributed by atoms with Crippen molar-refractivity contribution in [2.45, 2.75) is 20.0 Å². The summed E-state index contributed by atoms with van der Waals surface area (Å²) in [6.07, 6.45) is 1.67. The highest BCUT2D eigenvalue weighted by atomic mass is 35.5. The summed E-state index contributed by atoms with van der Waals surface area (Å²) in [5, 5.41) is 9.38. The van der Waals surface area contributed by atoms with Crippen molar-refractivity contribution < 1.29 is 14.3 Å². The molecule has 0 aliphatic rings. The number of halogens is 1. The van der Waals surface area contributed by atoms with Gasteiger partial charge in [0.25, 0.3) is 0 Å². The van der Waals surface area contributed by atoms with Crippen LogP contribution in [0.5, 0.6) is 0 Å². The largest absolute Gasteiger partial charge is 0.478 e. The quantitative estimate of drug-likeness (QED) is 0.915. The van der Waals surface area contributed by atoms with Crippen molar-refractivity contribution >= 4 is 17.6 Å². The maximum atomic E-state index is 10.9. The number of furan rings is 1. The number of carboxylic acid groups (broad SMARTS) is 1. The number of hydrogen-bond acceptors (Lipinski definition) is 3. The average Bonchev–Trinajstić information content (AvgIpc) is 2.77. The van der Waals surface area contributed by atoms with Crippen LogP contribution in [0.1, 0.15) is 27.2 Å². The lowest BCUT2D eigenvalue weighted by atomic mass is 10.1. The highest BCUT2D eigenvalue weighted by Crippen LogP contribution is 2.20. The van der Waals surface area contributed by atoms with Crippen LogP contribution in [0.3, 0.4) is 0 Å². The second-order valence-corrected chi connectivity index (χ2v) is 5.19. The van der Waals surface area contributed by atoms with Crippen LogP contribution in [-0.4, -0.2) is 23.0 Å². The number of carboxylic acids is 1. The summed E-state index contributed by atoms with van der Waals surface area (Å²) in [6, 6.07) is 6.75. The minimum absolute atomic E-state index is 0.201. The zero-order valence-corrected chi connectivity index (χ0v) is 12.1. The zero-order chi connectivity index (χ0) is 14.7. The SMILES string of the molecule is Cc1occc1CN(C)Cc1ccc(C(=O)O)cc1Cl. The van der Waals surface area contributed by atoms with Gasteiger partial charge in [-0.1, -0.05) is 17.7 Å². The third-order valence-corrected chi connectivity index (χ3v) is 3.50. The summed E-state index contributed by atoms with van der Waals surface area (Å²) in [5.41, 5.74) is 2.23. The van der Waals surface area contributed by atoms with E-state index in [1.165, 1.54) is 6.07 Å². The van der Waals surface area contributed by atoms with Crippen molar-refractivity contribution in [2.75, 3.05) is 7.05 Å². The van der Waals surface area contributed by atoms with Gasteiger partial charge in [-0.2, -0.15) is 0 Å². The van der Waals surface area contributed by atoms with Crippen LogP contribution >= 0.6 is 11.6 Å². The van der Waals surface area contributed by atoms with Gasteiger partial charge in [0.1, 0.15) is 5.76 Å². The fraction of sp³-hybridized carbons (Fsp3) is 0.267. The normalized spacial score (nSPS) is 11.0. The van der Waals surface area contributed by atoms with Gasteiger partial charge in [-0.15, -0.1) is 0 Å². The summed E-state index contributed by atoms with van der Waals surface area (Å²) in [7, 11) is 1.98. The van der Waals surface area contributed by atoms with E-state index in [1.54, 1.807) is 18.4 Å². The molecule has 106 valence electrons. The lowest BCUT2D eigenvalue weighted by molar-refractivity contribution is 0.0697. The van der Waals surface area contributed by atoms with Crippen molar-refractivity contribution in [2.24, 2.45) is 0 Å². The van der Waals surface area contributed by atoms with E-state index >= 15 is 0 Å². The van der Waals surface area contributed by atoms with Crippen LogP contribution in [0.2, 0.25) is 5.02 Å². The maximum absolute atomic E-state index is 10.9. The van der Waals surface area contributed by atoms with Crippen molar-refractivity contribution in [3.8, 4) is 0 Å². The third kappa shape index (κ3) is 3.40. The second-order valence-electron chi connectivity index (χ2n) is 4.79. The zero-order valence-electron chi connectivity index (χ0n) is 11.4. The topological polar surface area (TPSA) is 53.7 Å². The molecule has 0 aliphatic heterocycles. The van der Waals surface area contributed by atoms with Gasteiger partial charge in [0, 0.05) is 23.7 Å². The Morgan fingerprint density at radius 1 is 1.30 bits per heavy atom. The van der Waals surface area contributed by atoms with Crippen molar-refractivity contribution in [3.05, 3.63) is 58.0 Å². The van der Waals surface area contributed by atoms with Crippen LogP contribution in [0.4, 0.5) is 0 Å². The second kappa shape index (κ2) is 6.11. The summed E-state index contributed by atoms with van der Waals surface area (Å²) in [4.78, 5) is 13.0. The molecule has 5 heteroatoms. The van der Waals surface area contributed by atoms with Crippen molar-refractivity contribution in [3.63, 3.8) is 0 Å². The summed E-state index contributed by atoms with van der Waals surface area (Å²) in [6.45, 7) is 3.32. The molecule has 1 aromatic heterocycles. The van der Waals surface area contributed by atoms with Crippen molar-refractivity contribution in [1.29, 1.82) is 0 Å². The van der Waals surface area contributed by atoms with E-state index in [-0.39, 0.29) is 5.56 Å². The Morgan fingerprint density at radius 3 is 2.55 bits per heavy atom. The number of nitrogens with zero attached hydrogens (tertiary/aromatic N) is 1. The first-order valence-corrected chi connectivity index (χ1v) is 6.58. The third-order valence-electron chi connectivity index (χ3n) is 3.15. The molecule has 0 fully saturated rings. The predicted molar refractivity (Wildman–Crippen MR) is 77.0 cm³/mol. The Kier molecular flexibility index (Phi) is 4.47. The lowest BCUT2D eigenvalue weighted by Gasteiger charge is -2.17. The molecule has 0 saturated carbocycles. The molecule has 0 unspecified atom stereocenters. The summed E-state index contributed by atoms with van der Waals surface area (Å²) in [5.74, 6) is -0.0648. The molecule has 1 N–H and O–H groups in total. The molecule has 1 heterocycles. The minimum atomic E-state index is -0.971. The Balaban J connectivity index is 2.06. The van der Waals surface area contributed by atoms with Gasteiger partial charge >= 0.3 is 5.97 Å². The summed E-state index contributed by atoms with van der Waals surface area (Å²) >= 11 is 6.12. The molecule has 0 atom stereocenters. The van der Waals surface area contributed by atoms with Crippen LogP contribution < -0.4 is 0 Å². The van der Waals surface area contributed by atoms with Gasteiger partial charge < -0.3 is 9.52 Å². The Hall–Kier alpha value is -1.78.